The predicted molar refractivity (Wildman–Crippen MR) is 84.9 cm³/mol. The molecule has 0 radical (unpaired) electrons. The molecule has 23 heavy (non-hydrogen) atoms. The van der Waals surface area contributed by atoms with Gasteiger partial charge in [0.1, 0.15) is 11.9 Å². The molecule has 0 aliphatic rings. The predicted octanol–water partition coefficient (Wildman–Crippen LogP) is 3.06. The van der Waals surface area contributed by atoms with Crippen molar-refractivity contribution in [3.8, 4) is 0 Å². The molecular formula is C17H19FN2O3. The lowest BCUT2D eigenvalue weighted by molar-refractivity contribution is -0.139. The van der Waals surface area contributed by atoms with E-state index in [9.17, 15) is 19.1 Å². The quantitative estimate of drug-likeness (QED) is 0.858. The third kappa shape index (κ3) is 4.03. The number of nitrogens with zero attached hydrogens (tertiary/aromatic N) is 1. The van der Waals surface area contributed by atoms with Crippen molar-refractivity contribution in [3.63, 3.8) is 0 Å². The molecule has 0 spiro atoms. The Balaban J connectivity index is 2.36. The molecule has 6 heteroatoms. The number of benzene rings is 1. The normalized spacial score (nSPS) is 12.1. The minimum Gasteiger partial charge on any atom is -0.480 e. The third-order valence-electron chi connectivity index (χ3n) is 3.59. The van der Waals surface area contributed by atoms with E-state index in [0.717, 1.165) is 6.42 Å². The Morgan fingerprint density at radius 2 is 2.09 bits per heavy atom. The Kier molecular flexibility index (Phi) is 5.26. The first kappa shape index (κ1) is 16.9. The molecule has 0 aliphatic carbocycles. The smallest absolute Gasteiger partial charge is 0.326 e. The molecule has 2 aromatic rings. The highest BCUT2D eigenvalue weighted by molar-refractivity contribution is 6.07. The molecule has 1 aromatic heterocycles. The van der Waals surface area contributed by atoms with E-state index in [1.54, 1.807) is 6.92 Å². The largest absolute Gasteiger partial charge is 0.480 e. The summed E-state index contributed by atoms with van der Waals surface area (Å²) in [6, 6.07) is 4.59. The average Bonchev–Trinajstić information content (AvgIpc) is 2.50. The lowest BCUT2D eigenvalue weighted by atomic mass is 10.1. The maximum Gasteiger partial charge on any atom is 0.326 e. The van der Waals surface area contributed by atoms with Crippen LogP contribution in [0.1, 0.15) is 42.2 Å². The summed E-state index contributed by atoms with van der Waals surface area (Å²) in [6.45, 7) is 3.68. The van der Waals surface area contributed by atoms with Gasteiger partial charge in [-0.3, -0.25) is 9.78 Å². The molecule has 122 valence electrons. The highest BCUT2D eigenvalue weighted by Gasteiger charge is 2.21. The minimum absolute atomic E-state index is 0.231. The van der Waals surface area contributed by atoms with Crippen LogP contribution < -0.4 is 5.32 Å². The highest BCUT2D eigenvalue weighted by atomic mass is 19.1. The lowest BCUT2D eigenvalue weighted by Crippen LogP contribution is -2.40. The Hall–Kier alpha value is -2.50. The SMILES string of the molecule is CCCCC(NC(=O)c1cc(C)nc2ccc(F)cc12)C(=O)O. The fourth-order valence-electron chi connectivity index (χ4n) is 2.42. The molecule has 0 saturated heterocycles. The van der Waals surface area contributed by atoms with Crippen LogP contribution in [0.3, 0.4) is 0 Å². The van der Waals surface area contributed by atoms with Crippen LogP contribution in [0.5, 0.6) is 0 Å². The zero-order valence-electron chi connectivity index (χ0n) is 13.1. The zero-order valence-corrected chi connectivity index (χ0v) is 13.1. The number of carboxylic acid groups (broad SMARTS) is 1. The van der Waals surface area contributed by atoms with Gasteiger partial charge in [-0.05, 0) is 37.6 Å². The van der Waals surface area contributed by atoms with Gasteiger partial charge in [0.2, 0.25) is 0 Å². The summed E-state index contributed by atoms with van der Waals surface area (Å²) in [5.74, 6) is -2.08. The third-order valence-corrected chi connectivity index (χ3v) is 3.59. The lowest BCUT2D eigenvalue weighted by Gasteiger charge is -2.15. The number of pyridine rings is 1. The van der Waals surface area contributed by atoms with Gasteiger partial charge in [0.25, 0.3) is 5.91 Å². The molecule has 0 saturated carbocycles. The average molecular weight is 318 g/mol. The van der Waals surface area contributed by atoms with Crippen LogP contribution in [0, 0.1) is 12.7 Å². The second-order valence-corrected chi connectivity index (χ2v) is 5.48. The number of rotatable bonds is 6. The van der Waals surface area contributed by atoms with E-state index in [1.807, 2.05) is 6.92 Å². The molecule has 1 atom stereocenters. The fraction of sp³-hybridized carbons (Fsp3) is 0.353. The van der Waals surface area contributed by atoms with E-state index < -0.39 is 23.7 Å². The van der Waals surface area contributed by atoms with Crippen LogP contribution in [-0.2, 0) is 4.79 Å². The van der Waals surface area contributed by atoms with Crippen molar-refractivity contribution in [2.24, 2.45) is 0 Å². The molecule has 2 rings (SSSR count). The number of nitrogens with one attached hydrogen (secondary N) is 1. The monoisotopic (exact) mass is 318 g/mol. The number of halogens is 1. The first-order valence-electron chi connectivity index (χ1n) is 7.53. The van der Waals surface area contributed by atoms with Gasteiger partial charge in [-0.1, -0.05) is 19.8 Å². The Morgan fingerprint density at radius 3 is 2.74 bits per heavy atom. The molecule has 0 aliphatic heterocycles. The van der Waals surface area contributed by atoms with E-state index in [4.69, 9.17) is 0 Å². The van der Waals surface area contributed by atoms with Crippen molar-refractivity contribution >= 4 is 22.8 Å². The van der Waals surface area contributed by atoms with Gasteiger partial charge in [-0.25, -0.2) is 9.18 Å². The second kappa shape index (κ2) is 7.17. The van der Waals surface area contributed by atoms with Crippen molar-refractivity contribution in [2.45, 2.75) is 39.2 Å². The van der Waals surface area contributed by atoms with Crippen molar-refractivity contribution in [1.29, 1.82) is 0 Å². The van der Waals surface area contributed by atoms with Gasteiger partial charge in [-0.15, -0.1) is 0 Å². The number of unbranched alkanes of at least 4 members (excludes halogenated alkanes) is 1. The number of aliphatic carboxylic acids is 1. The first-order chi connectivity index (χ1) is 10.9. The van der Waals surface area contributed by atoms with Crippen molar-refractivity contribution in [3.05, 3.63) is 41.3 Å². The van der Waals surface area contributed by atoms with Crippen LogP contribution in [0.4, 0.5) is 4.39 Å². The van der Waals surface area contributed by atoms with E-state index in [1.165, 1.54) is 24.3 Å². The van der Waals surface area contributed by atoms with Crippen LogP contribution >= 0.6 is 0 Å². The van der Waals surface area contributed by atoms with Gasteiger partial charge in [0.15, 0.2) is 0 Å². The fourth-order valence-corrected chi connectivity index (χ4v) is 2.42. The zero-order chi connectivity index (χ0) is 17.0. The Bertz CT molecular complexity index is 746. The molecule has 1 aromatic carbocycles. The molecule has 1 heterocycles. The van der Waals surface area contributed by atoms with E-state index in [-0.39, 0.29) is 5.56 Å². The second-order valence-electron chi connectivity index (χ2n) is 5.48. The van der Waals surface area contributed by atoms with Crippen LogP contribution in [0.25, 0.3) is 10.9 Å². The summed E-state index contributed by atoms with van der Waals surface area (Å²) in [7, 11) is 0. The topological polar surface area (TPSA) is 79.3 Å². The number of carbonyl (C=O) groups excluding carboxylic acids is 1. The van der Waals surface area contributed by atoms with Crippen LogP contribution in [0.15, 0.2) is 24.3 Å². The van der Waals surface area contributed by atoms with Crippen LogP contribution in [-0.4, -0.2) is 28.0 Å². The minimum atomic E-state index is -1.08. The summed E-state index contributed by atoms with van der Waals surface area (Å²) in [5, 5.41) is 12.1. The first-order valence-corrected chi connectivity index (χ1v) is 7.53. The van der Waals surface area contributed by atoms with E-state index in [2.05, 4.69) is 10.3 Å². The number of amides is 1. The van der Waals surface area contributed by atoms with Gasteiger partial charge < -0.3 is 10.4 Å². The van der Waals surface area contributed by atoms with Crippen molar-refractivity contribution in [1.82, 2.24) is 10.3 Å². The number of aromatic nitrogens is 1. The molecule has 0 fully saturated rings. The van der Waals surface area contributed by atoms with Crippen LogP contribution in [0.2, 0.25) is 0 Å². The Morgan fingerprint density at radius 1 is 1.35 bits per heavy atom. The number of aryl methyl sites for hydroxylation is 1. The number of fused-ring (bicyclic) bond motifs is 1. The van der Waals surface area contributed by atoms with Crippen molar-refractivity contribution < 1.29 is 19.1 Å². The molecular weight excluding hydrogens is 299 g/mol. The molecule has 2 N–H and O–H groups in total. The Labute approximate surface area is 133 Å². The number of hydrogen-bond acceptors (Lipinski definition) is 3. The number of carbonyl (C=O) groups is 2. The molecule has 1 unspecified atom stereocenters. The van der Waals surface area contributed by atoms with Crippen molar-refractivity contribution in [2.75, 3.05) is 0 Å². The molecule has 0 bridgehead atoms. The summed E-state index contributed by atoms with van der Waals surface area (Å²) >= 11 is 0. The van der Waals surface area contributed by atoms with Gasteiger partial charge >= 0.3 is 5.97 Å². The number of hydrogen-bond donors (Lipinski definition) is 2. The van der Waals surface area contributed by atoms with Gasteiger partial charge in [-0.2, -0.15) is 0 Å². The maximum atomic E-state index is 13.5. The summed E-state index contributed by atoms with van der Waals surface area (Å²) in [5.41, 5.74) is 1.33. The maximum absolute atomic E-state index is 13.5. The van der Waals surface area contributed by atoms with Gasteiger partial charge in [0, 0.05) is 11.1 Å². The summed E-state index contributed by atoms with van der Waals surface area (Å²) in [6.07, 6.45) is 1.89. The standard InChI is InChI=1S/C17H19FN2O3/c1-3-4-5-15(17(22)23)20-16(21)13-8-10(2)19-14-7-6-11(18)9-12(13)14/h6-9,15H,3-5H2,1-2H3,(H,20,21)(H,22,23). The van der Waals surface area contributed by atoms with E-state index >= 15 is 0 Å². The highest BCUT2D eigenvalue weighted by Crippen LogP contribution is 2.20. The summed E-state index contributed by atoms with van der Waals surface area (Å²) in [4.78, 5) is 28.0. The summed E-state index contributed by atoms with van der Waals surface area (Å²) < 4.78 is 13.5. The van der Waals surface area contributed by atoms with Gasteiger partial charge in [0.05, 0.1) is 11.1 Å². The molecule has 5 nitrogen and oxygen atoms in total. The molecule has 1 amide bonds. The number of carboxylic acids is 1. The van der Waals surface area contributed by atoms with E-state index in [0.29, 0.717) is 29.4 Å².